The molecule has 25 heavy (non-hydrogen) atoms. The van der Waals surface area contributed by atoms with Crippen LogP contribution in [-0.2, 0) is 4.79 Å². The Kier molecular flexibility index (Phi) is 5.73. The van der Waals surface area contributed by atoms with Gasteiger partial charge < -0.3 is 5.32 Å². The molecule has 0 radical (unpaired) electrons. The predicted octanol–water partition coefficient (Wildman–Crippen LogP) is 5.17. The minimum Gasteiger partial charge on any atom is -0.302 e. The lowest BCUT2D eigenvalue weighted by molar-refractivity contribution is -0.116. The molecule has 0 saturated carbocycles. The number of anilines is 1. The first-order valence-corrected chi connectivity index (χ1v) is 9.77. The van der Waals surface area contributed by atoms with Crippen molar-refractivity contribution in [3.8, 4) is 11.3 Å². The smallest absolute Gasteiger partial charge is 0.226 e. The third-order valence-corrected chi connectivity index (χ3v) is 5.37. The topological polar surface area (TPSA) is 59.1 Å². The van der Waals surface area contributed by atoms with Gasteiger partial charge in [-0.05, 0) is 24.8 Å². The third-order valence-electron chi connectivity index (χ3n) is 3.70. The molecule has 1 amide bonds. The van der Waals surface area contributed by atoms with Gasteiger partial charge in [0.15, 0.2) is 10.9 Å². The first-order valence-electron chi connectivity index (χ1n) is 8.01. The van der Waals surface area contributed by atoms with E-state index in [-0.39, 0.29) is 11.7 Å². The number of carbonyl (C=O) groups is 2. The molecular formula is C19H18N2O2S2. The number of aromatic nitrogens is 1. The Morgan fingerprint density at radius 2 is 1.88 bits per heavy atom. The van der Waals surface area contributed by atoms with E-state index in [1.165, 1.54) is 28.2 Å². The Bertz CT molecular complexity index is 852. The number of nitrogens with one attached hydrogen (secondary N) is 1. The molecule has 0 aliphatic rings. The fraction of sp³-hybridized carbons (Fsp3) is 0.211. The van der Waals surface area contributed by atoms with E-state index >= 15 is 0 Å². The number of nitrogens with zero attached hydrogens (tertiary/aromatic N) is 1. The fourth-order valence-corrected chi connectivity index (χ4v) is 3.77. The van der Waals surface area contributed by atoms with E-state index in [0.29, 0.717) is 24.4 Å². The van der Waals surface area contributed by atoms with E-state index in [1.807, 2.05) is 54.1 Å². The first-order chi connectivity index (χ1) is 12.1. The lowest BCUT2D eigenvalue weighted by Gasteiger charge is -2.01. The number of amides is 1. The summed E-state index contributed by atoms with van der Waals surface area (Å²) in [6.07, 6.45) is 1.25. The minimum absolute atomic E-state index is 0.0960. The maximum Gasteiger partial charge on any atom is 0.226 e. The van der Waals surface area contributed by atoms with Crippen molar-refractivity contribution in [3.05, 3.63) is 57.6 Å². The van der Waals surface area contributed by atoms with Gasteiger partial charge in [0, 0.05) is 23.8 Å². The second-order valence-electron chi connectivity index (χ2n) is 5.71. The zero-order valence-electron chi connectivity index (χ0n) is 13.8. The SMILES string of the molecule is Cc1ccc(-c2csc(NC(=O)CCCC(=O)c3cccs3)n2)cc1. The summed E-state index contributed by atoms with van der Waals surface area (Å²) >= 11 is 2.84. The molecule has 0 atom stereocenters. The molecular weight excluding hydrogens is 352 g/mol. The minimum atomic E-state index is -0.108. The molecule has 0 spiro atoms. The molecule has 128 valence electrons. The number of thiophene rings is 1. The maximum atomic E-state index is 12.0. The molecule has 1 N–H and O–H groups in total. The second-order valence-corrected chi connectivity index (χ2v) is 7.51. The standard InChI is InChI=1S/C19H18N2O2S2/c1-13-7-9-14(10-8-13)15-12-25-19(20-15)21-18(23)6-2-4-16(22)17-5-3-11-24-17/h3,5,7-12H,2,4,6H2,1H3,(H,20,21,23). The van der Waals surface area contributed by atoms with Gasteiger partial charge in [0.25, 0.3) is 0 Å². The largest absolute Gasteiger partial charge is 0.302 e. The summed E-state index contributed by atoms with van der Waals surface area (Å²) in [4.78, 5) is 29.1. The number of aryl methyl sites for hydroxylation is 1. The number of hydrogen-bond donors (Lipinski definition) is 1. The van der Waals surface area contributed by atoms with Gasteiger partial charge in [0.2, 0.25) is 5.91 Å². The quantitative estimate of drug-likeness (QED) is 0.584. The van der Waals surface area contributed by atoms with Gasteiger partial charge in [-0.15, -0.1) is 22.7 Å². The molecule has 3 aromatic rings. The number of rotatable bonds is 7. The summed E-state index contributed by atoms with van der Waals surface area (Å²) in [6.45, 7) is 2.04. The monoisotopic (exact) mass is 370 g/mol. The van der Waals surface area contributed by atoms with E-state index < -0.39 is 0 Å². The van der Waals surface area contributed by atoms with Crippen molar-refractivity contribution in [2.45, 2.75) is 26.2 Å². The zero-order valence-corrected chi connectivity index (χ0v) is 15.5. The summed E-state index contributed by atoms with van der Waals surface area (Å²) in [6, 6.07) is 11.8. The zero-order chi connectivity index (χ0) is 17.6. The number of Topliss-reactive ketones (excluding diaryl/α,β-unsaturated/α-hetero) is 1. The predicted molar refractivity (Wildman–Crippen MR) is 103 cm³/mol. The lowest BCUT2D eigenvalue weighted by atomic mass is 10.1. The van der Waals surface area contributed by atoms with E-state index in [1.54, 1.807) is 0 Å². The molecule has 0 fully saturated rings. The molecule has 0 bridgehead atoms. The van der Waals surface area contributed by atoms with Crippen LogP contribution in [0, 0.1) is 6.92 Å². The van der Waals surface area contributed by atoms with Crippen LogP contribution in [0.2, 0.25) is 0 Å². The highest BCUT2D eigenvalue weighted by Gasteiger charge is 2.10. The van der Waals surface area contributed by atoms with Crippen molar-refractivity contribution >= 4 is 39.5 Å². The molecule has 6 heteroatoms. The van der Waals surface area contributed by atoms with Gasteiger partial charge in [-0.3, -0.25) is 9.59 Å². The number of benzene rings is 1. The van der Waals surface area contributed by atoms with E-state index in [0.717, 1.165) is 16.1 Å². The molecule has 0 aliphatic heterocycles. The van der Waals surface area contributed by atoms with Crippen molar-refractivity contribution in [1.82, 2.24) is 4.98 Å². The van der Waals surface area contributed by atoms with Crippen LogP contribution in [0.1, 0.15) is 34.5 Å². The summed E-state index contributed by atoms with van der Waals surface area (Å²) in [5.74, 6) is -0.0116. The summed E-state index contributed by atoms with van der Waals surface area (Å²) in [5, 5.41) is 7.21. The van der Waals surface area contributed by atoms with Crippen LogP contribution in [0.3, 0.4) is 0 Å². The Hall–Kier alpha value is -2.31. The van der Waals surface area contributed by atoms with Crippen molar-refractivity contribution in [2.75, 3.05) is 5.32 Å². The second kappa shape index (κ2) is 8.18. The lowest BCUT2D eigenvalue weighted by Crippen LogP contribution is -2.11. The molecule has 0 aliphatic carbocycles. The highest BCUT2D eigenvalue weighted by molar-refractivity contribution is 7.14. The molecule has 2 aromatic heterocycles. The summed E-state index contributed by atoms with van der Waals surface area (Å²) in [7, 11) is 0. The molecule has 4 nitrogen and oxygen atoms in total. The summed E-state index contributed by atoms with van der Waals surface area (Å²) in [5.41, 5.74) is 3.08. The summed E-state index contributed by atoms with van der Waals surface area (Å²) < 4.78 is 0. The molecule has 2 heterocycles. The normalized spacial score (nSPS) is 10.6. The van der Waals surface area contributed by atoms with Gasteiger partial charge in [-0.25, -0.2) is 4.98 Å². The van der Waals surface area contributed by atoms with Gasteiger partial charge >= 0.3 is 0 Å². The Labute approximate surface area is 154 Å². The number of hydrogen-bond acceptors (Lipinski definition) is 5. The van der Waals surface area contributed by atoms with E-state index in [4.69, 9.17) is 0 Å². The van der Waals surface area contributed by atoms with Crippen LogP contribution < -0.4 is 5.32 Å². The average Bonchev–Trinajstić information content (AvgIpc) is 3.27. The maximum absolute atomic E-state index is 12.0. The van der Waals surface area contributed by atoms with Crippen LogP contribution in [0.4, 0.5) is 5.13 Å². The van der Waals surface area contributed by atoms with Crippen molar-refractivity contribution in [1.29, 1.82) is 0 Å². The van der Waals surface area contributed by atoms with Crippen molar-refractivity contribution < 1.29 is 9.59 Å². The highest BCUT2D eigenvalue weighted by atomic mass is 32.1. The average molecular weight is 370 g/mol. The van der Waals surface area contributed by atoms with Crippen molar-refractivity contribution in [3.63, 3.8) is 0 Å². The van der Waals surface area contributed by atoms with Gasteiger partial charge in [0.1, 0.15) is 0 Å². The van der Waals surface area contributed by atoms with Crippen LogP contribution in [0.15, 0.2) is 47.2 Å². The first kappa shape index (κ1) is 17.5. The molecule has 0 saturated heterocycles. The number of ketones is 1. The number of thiazole rings is 1. The highest BCUT2D eigenvalue weighted by Crippen LogP contribution is 2.25. The van der Waals surface area contributed by atoms with Gasteiger partial charge in [-0.1, -0.05) is 35.9 Å². The fourth-order valence-electron chi connectivity index (χ4n) is 2.34. The van der Waals surface area contributed by atoms with Crippen LogP contribution in [0.25, 0.3) is 11.3 Å². The van der Waals surface area contributed by atoms with E-state index in [2.05, 4.69) is 10.3 Å². The van der Waals surface area contributed by atoms with Crippen LogP contribution in [-0.4, -0.2) is 16.7 Å². The molecule has 1 aromatic carbocycles. The molecule has 3 rings (SSSR count). The Morgan fingerprint density at radius 1 is 1.08 bits per heavy atom. The Morgan fingerprint density at radius 3 is 2.60 bits per heavy atom. The van der Waals surface area contributed by atoms with Gasteiger partial charge in [-0.2, -0.15) is 0 Å². The van der Waals surface area contributed by atoms with Crippen molar-refractivity contribution in [2.24, 2.45) is 0 Å². The van der Waals surface area contributed by atoms with Gasteiger partial charge in [0.05, 0.1) is 10.6 Å². The molecule has 0 unspecified atom stereocenters. The van der Waals surface area contributed by atoms with E-state index in [9.17, 15) is 9.59 Å². The number of carbonyl (C=O) groups excluding carboxylic acids is 2. The Balaban J connectivity index is 1.48. The third kappa shape index (κ3) is 4.84. The van der Waals surface area contributed by atoms with Crippen LogP contribution in [0.5, 0.6) is 0 Å². The van der Waals surface area contributed by atoms with Crippen LogP contribution >= 0.6 is 22.7 Å².